The summed E-state index contributed by atoms with van der Waals surface area (Å²) in [6.45, 7) is 8.63. The molecule has 0 aromatic carbocycles. The van der Waals surface area contributed by atoms with Gasteiger partial charge in [0.25, 0.3) is 0 Å². The number of fused-ring (bicyclic) bond motifs is 1. The number of hydrogen-bond donors (Lipinski definition) is 1. The maximum absolute atomic E-state index is 12.4. The van der Waals surface area contributed by atoms with E-state index in [2.05, 4.69) is 15.3 Å². The second kappa shape index (κ2) is 5.51. The minimum absolute atomic E-state index is 0.174. The van der Waals surface area contributed by atoms with Gasteiger partial charge in [-0.3, -0.25) is 0 Å². The number of β-amino-alcohol motifs (C(OH)–C–C–N with tert-alkyl or cyclic N) is 1. The van der Waals surface area contributed by atoms with Crippen molar-refractivity contribution in [3.63, 3.8) is 0 Å². The number of aliphatic hydroxyl groups is 1. The minimum Gasteiger partial charge on any atom is -0.451 e. The zero-order valence-corrected chi connectivity index (χ0v) is 15.4. The van der Waals surface area contributed by atoms with E-state index in [-0.39, 0.29) is 12.0 Å². The molecule has 2 aromatic rings. The van der Waals surface area contributed by atoms with Crippen molar-refractivity contribution < 1.29 is 14.6 Å². The van der Waals surface area contributed by atoms with Crippen LogP contribution in [-0.4, -0.2) is 44.1 Å². The van der Waals surface area contributed by atoms with E-state index in [4.69, 9.17) is 4.74 Å². The molecule has 2 aromatic heterocycles. The molecule has 0 radical (unpaired) electrons. The molecule has 1 unspecified atom stereocenters. The molecule has 2 aliphatic heterocycles. The van der Waals surface area contributed by atoms with Crippen molar-refractivity contribution in [1.29, 1.82) is 0 Å². The molecule has 4 heterocycles. The van der Waals surface area contributed by atoms with Crippen LogP contribution < -0.4 is 4.90 Å². The Labute approximate surface area is 151 Å². The number of hydrogen-bond acceptors (Lipinski definition) is 7. The number of aromatic nitrogens is 4. The Bertz CT molecular complexity index is 875. The monoisotopic (exact) mass is 357 g/mol. The first-order valence-corrected chi connectivity index (χ1v) is 8.84. The van der Waals surface area contributed by atoms with Crippen LogP contribution in [0.3, 0.4) is 0 Å². The van der Waals surface area contributed by atoms with Crippen molar-refractivity contribution in [3.05, 3.63) is 35.3 Å². The number of ether oxygens (including phenoxy) is 1. The summed E-state index contributed by atoms with van der Waals surface area (Å²) in [6.07, 6.45) is 3.96. The fourth-order valence-corrected chi connectivity index (χ4v) is 3.66. The van der Waals surface area contributed by atoms with E-state index in [0.29, 0.717) is 36.6 Å². The van der Waals surface area contributed by atoms with E-state index in [1.54, 1.807) is 17.1 Å². The molecule has 0 spiro atoms. The molecule has 1 N–H and O–H groups in total. The van der Waals surface area contributed by atoms with Gasteiger partial charge in [-0.25, -0.2) is 14.5 Å². The van der Waals surface area contributed by atoms with Crippen LogP contribution >= 0.6 is 0 Å². The van der Waals surface area contributed by atoms with Gasteiger partial charge in [0.05, 0.1) is 12.7 Å². The Balaban J connectivity index is 1.66. The molecule has 0 saturated carbocycles. The number of carbonyl (C=O) groups excluding carboxylic acids is 1. The lowest BCUT2D eigenvalue weighted by molar-refractivity contribution is 0.00954. The highest BCUT2D eigenvalue weighted by Crippen LogP contribution is 2.41. The third-order valence-corrected chi connectivity index (χ3v) is 5.20. The predicted octanol–water partition coefficient (Wildman–Crippen LogP) is 1.76. The van der Waals surface area contributed by atoms with Gasteiger partial charge in [-0.05, 0) is 33.8 Å². The van der Waals surface area contributed by atoms with Gasteiger partial charge in [0.2, 0.25) is 0 Å². The van der Waals surface area contributed by atoms with Gasteiger partial charge in [0.1, 0.15) is 28.3 Å². The number of nitrogens with zero attached hydrogens (tertiary/aromatic N) is 5. The molecular weight excluding hydrogens is 334 g/mol. The van der Waals surface area contributed by atoms with Gasteiger partial charge in [-0.2, -0.15) is 0 Å². The summed E-state index contributed by atoms with van der Waals surface area (Å²) in [6, 6.07) is 1.99. The summed E-state index contributed by atoms with van der Waals surface area (Å²) in [4.78, 5) is 18.7. The van der Waals surface area contributed by atoms with Gasteiger partial charge < -0.3 is 14.7 Å². The second-order valence-electron chi connectivity index (χ2n) is 7.84. The largest absolute Gasteiger partial charge is 0.451 e. The van der Waals surface area contributed by atoms with Gasteiger partial charge in [0, 0.05) is 30.8 Å². The van der Waals surface area contributed by atoms with Crippen molar-refractivity contribution in [2.24, 2.45) is 0 Å². The number of esters is 1. The van der Waals surface area contributed by atoms with Crippen LogP contribution in [0.1, 0.15) is 61.8 Å². The van der Waals surface area contributed by atoms with Crippen molar-refractivity contribution >= 4 is 11.8 Å². The first-order chi connectivity index (χ1) is 12.2. The van der Waals surface area contributed by atoms with E-state index in [9.17, 15) is 9.90 Å². The third kappa shape index (κ3) is 2.47. The highest BCUT2D eigenvalue weighted by molar-refractivity contribution is 5.99. The summed E-state index contributed by atoms with van der Waals surface area (Å²) < 4.78 is 7.22. The number of rotatable bonds is 3. The maximum Gasteiger partial charge on any atom is 0.343 e. The average Bonchev–Trinajstić information content (AvgIpc) is 3.26. The van der Waals surface area contributed by atoms with E-state index in [0.717, 1.165) is 5.56 Å². The van der Waals surface area contributed by atoms with Gasteiger partial charge >= 0.3 is 5.97 Å². The molecule has 8 nitrogen and oxygen atoms in total. The van der Waals surface area contributed by atoms with Crippen LogP contribution in [0, 0.1) is 0 Å². The first-order valence-electron chi connectivity index (χ1n) is 8.84. The number of anilines is 1. The molecule has 4 rings (SSSR count). The maximum atomic E-state index is 12.4. The van der Waals surface area contributed by atoms with Crippen molar-refractivity contribution in [2.45, 2.75) is 51.4 Å². The topological polar surface area (TPSA) is 93.4 Å². The number of cyclic esters (lactones) is 1. The summed E-state index contributed by atoms with van der Waals surface area (Å²) >= 11 is 0. The van der Waals surface area contributed by atoms with E-state index in [1.165, 1.54) is 0 Å². The van der Waals surface area contributed by atoms with Crippen LogP contribution in [0.2, 0.25) is 0 Å². The van der Waals surface area contributed by atoms with Crippen LogP contribution in [0.25, 0.3) is 0 Å². The third-order valence-electron chi connectivity index (χ3n) is 5.20. The lowest BCUT2D eigenvalue weighted by Crippen LogP contribution is -2.32. The normalized spacial score (nSPS) is 24.2. The molecule has 138 valence electrons. The lowest BCUT2D eigenvalue weighted by atomic mass is 9.97. The zero-order chi connectivity index (χ0) is 18.7. The Morgan fingerprint density at radius 1 is 1.35 bits per heavy atom. The average molecular weight is 357 g/mol. The minimum atomic E-state index is -1.12. The fraction of sp³-hybridized carbons (Fsp3) is 0.556. The quantitative estimate of drug-likeness (QED) is 0.837. The number of carbonyl (C=O) groups is 1. The highest BCUT2D eigenvalue weighted by atomic mass is 16.6. The Kier molecular flexibility index (Phi) is 3.59. The SMILES string of the molecule is CC(C)n1cc(C2(O)CCN(c3nccc4c3C(=O)OC4(C)C)C2)nn1. The van der Waals surface area contributed by atoms with Crippen LogP contribution in [-0.2, 0) is 15.9 Å². The Morgan fingerprint density at radius 3 is 2.81 bits per heavy atom. The summed E-state index contributed by atoms with van der Waals surface area (Å²) in [5.74, 6) is 0.194. The van der Waals surface area contributed by atoms with Crippen LogP contribution in [0.15, 0.2) is 18.5 Å². The Hall–Kier alpha value is -2.48. The number of pyridine rings is 1. The van der Waals surface area contributed by atoms with E-state index < -0.39 is 11.2 Å². The van der Waals surface area contributed by atoms with Gasteiger partial charge in [-0.1, -0.05) is 5.21 Å². The molecule has 0 aliphatic carbocycles. The molecule has 2 aliphatic rings. The first kappa shape index (κ1) is 17.0. The van der Waals surface area contributed by atoms with E-state index >= 15 is 0 Å². The molecule has 0 bridgehead atoms. The lowest BCUT2D eigenvalue weighted by Gasteiger charge is -2.23. The molecule has 1 saturated heterocycles. The van der Waals surface area contributed by atoms with Gasteiger partial charge in [-0.15, -0.1) is 5.10 Å². The predicted molar refractivity (Wildman–Crippen MR) is 93.8 cm³/mol. The smallest absolute Gasteiger partial charge is 0.343 e. The standard InChI is InChI=1S/C18H23N5O3/c1-11(2)23-9-13(20-21-23)18(25)6-8-22(10-18)15-14-12(5-7-19-15)17(3,4)26-16(14)24/h5,7,9,11,25H,6,8,10H2,1-4H3. The molecular formula is C18H23N5O3. The summed E-state index contributed by atoms with van der Waals surface area (Å²) in [5, 5.41) is 19.3. The molecule has 8 heteroatoms. The Morgan fingerprint density at radius 2 is 2.12 bits per heavy atom. The van der Waals surface area contributed by atoms with Crippen molar-refractivity contribution in [2.75, 3.05) is 18.0 Å². The summed E-state index contributed by atoms with van der Waals surface area (Å²) in [7, 11) is 0. The van der Waals surface area contributed by atoms with E-state index in [1.807, 2.05) is 38.7 Å². The highest BCUT2D eigenvalue weighted by Gasteiger charge is 2.45. The second-order valence-corrected chi connectivity index (χ2v) is 7.84. The van der Waals surface area contributed by atoms with Crippen LogP contribution in [0.5, 0.6) is 0 Å². The molecule has 0 amide bonds. The van der Waals surface area contributed by atoms with Crippen molar-refractivity contribution in [3.8, 4) is 0 Å². The van der Waals surface area contributed by atoms with Gasteiger partial charge in [0.15, 0.2) is 0 Å². The van der Waals surface area contributed by atoms with Crippen molar-refractivity contribution in [1.82, 2.24) is 20.0 Å². The van der Waals surface area contributed by atoms with Crippen LogP contribution in [0.4, 0.5) is 5.82 Å². The molecule has 26 heavy (non-hydrogen) atoms. The molecule has 1 atom stereocenters. The summed E-state index contributed by atoms with van der Waals surface area (Å²) in [5.41, 5.74) is 0.0841. The fourth-order valence-electron chi connectivity index (χ4n) is 3.66. The zero-order valence-electron chi connectivity index (χ0n) is 15.4. The molecule has 1 fully saturated rings.